The number of halogens is 1. The van der Waals surface area contributed by atoms with E-state index in [0.29, 0.717) is 27.9 Å². The van der Waals surface area contributed by atoms with Gasteiger partial charge in [0.2, 0.25) is 0 Å². The molecule has 2 aromatic rings. The van der Waals surface area contributed by atoms with Crippen LogP contribution in [0.3, 0.4) is 0 Å². The zero-order chi connectivity index (χ0) is 21.9. The van der Waals surface area contributed by atoms with Crippen LogP contribution in [0.4, 0.5) is 15.8 Å². The molecule has 7 heteroatoms. The Morgan fingerprint density at radius 3 is 2.66 bits per heavy atom. The maximum Gasteiger partial charge on any atom is 0.266 e. The molecular weight excluding hydrogens is 425 g/mol. The third kappa shape index (κ3) is 4.59. The van der Waals surface area contributed by atoms with Crippen molar-refractivity contribution in [1.82, 2.24) is 4.90 Å². The summed E-state index contributed by atoms with van der Waals surface area (Å²) in [6.07, 6.45) is 5.93. The third-order valence-corrected chi connectivity index (χ3v) is 7.00. The topological polar surface area (TPSA) is 45.1 Å². The van der Waals surface area contributed by atoms with Crippen LogP contribution in [0.2, 0.25) is 0 Å². The predicted octanol–water partition coefficient (Wildman–Crippen LogP) is 5.21. The molecule has 0 radical (unpaired) electrons. The van der Waals surface area contributed by atoms with Crippen LogP contribution in [0.5, 0.6) is 0 Å². The lowest BCUT2D eigenvalue weighted by molar-refractivity contribution is -0.123. The molecule has 3 heterocycles. The van der Waals surface area contributed by atoms with Crippen molar-refractivity contribution in [1.29, 1.82) is 0 Å². The van der Waals surface area contributed by atoms with Gasteiger partial charge in [-0.15, -0.1) is 0 Å². The second-order valence-electron chi connectivity index (χ2n) is 8.30. The minimum atomic E-state index is -0.244. The number of amidine groups is 1. The fourth-order valence-corrected chi connectivity index (χ4v) is 5.34. The number of para-hydroxylation sites is 1. The van der Waals surface area contributed by atoms with Gasteiger partial charge in [0, 0.05) is 19.7 Å². The Labute approximate surface area is 192 Å². The number of nitrogens with zero attached hydrogens (tertiary/aromatic N) is 3. The highest BCUT2D eigenvalue weighted by Gasteiger charge is 2.36. The van der Waals surface area contributed by atoms with Crippen molar-refractivity contribution in [2.24, 2.45) is 4.99 Å². The van der Waals surface area contributed by atoms with Crippen LogP contribution >= 0.6 is 11.8 Å². The number of amides is 1. The van der Waals surface area contributed by atoms with Crippen molar-refractivity contribution >= 4 is 40.3 Å². The van der Waals surface area contributed by atoms with E-state index in [0.717, 1.165) is 51.1 Å². The number of carbonyl (C=O) groups excluding carboxylic acids is 1. The second-order valence-corrected chi connectivity index (χ2v) is 9.31. The molecule has 3 fully saturated rings. The average Bonchev–Trinajstić information content (AvgIpc) is 3.55. The molecule has 1 atom stereocenters. The Balaban J connectivity index is 1.42. The normalized spacial score (nSPS) is 23.8. The van der Waals surface area contributed by atoms with Crippen LogP contribution in [0, 0.1) is 5.82 Å². The van der Waals surface area contributed by atoms with Crippen molar-refractivity contribution in [3.8, 4) is 0 Å². The zero-order valence-corrected chi connectivity index (χ0v) is 18.7. The summed E-state index contributed by atoms with van der Waals surface area (Å²) in [6.45, 7) is 3.00. The molecule has 166 valence electrons. The van der Waals surface area contributed by atoms with E-state index in [1.54, 1.807) is 11.0 Å². The fraction of sp³-hybridized carbons (Fsp3) is 0.360. The van der Waals surface area contributed by atoms with E-state index in [-0.39, 0.29) is 17.8 Å². The van der Waals surface area contributed by atoms with Crippen LogP contribution in [0.1, 0.15) is 31.2 Å². The molecule has 0 N–H and O–H groups in total. The Bertz CT molecular complexity index is 1040. The summed E-state index contributed by atoms with van der Waals surface area (Å²) < 4.78 is 20.5. The third-order valence-electron chi connectivity index (χ3n) is 6.00. The van der Waals surface area contributed by atoms with Gasteiger partial charge >= 0.3 is 0 Å². The second kappa shape index (κ2) is 9.46. The molecule has 1 amide bonds. The smallest absolute Gasteiger partial charge is 0.266 e. The molecule has 0 aromatic heterocycles. The quantitative estimate of drug-likeness (QED) is 0.586. The minimum absolute atomic E-state index is 0.0251. The molecule has 0 unspecified atom stereocenters. The van der Waals surface area contributed by atoms with E-state index >= 15 is 0 Å². The number of ether oxygens (including phenoxy) is 1. The Morgan fingerprint density at radius 1 is 1.12 bits per heavy atom. The number of benzene rings is 2. The summed E-state index contributed by atoms with van der Waals surface area (Å²) in [5, 5.41) is 0.636. The highest BCUT2D eigenvalue weighted by Crippen LogP contribution is 2.35. The van der Waals surface area contributed by atoms with Gasteiger partial charge in [0.1, 0.15) is 5.82 Å². The predicted molar refractivity (Wildman–Crippen MR) is 128 cm³/mol. The molecule has 5 rings (SSSR count). The lowest BCUT2D eigenvalue weighted by Crippen LogP contribution is -2.36. The van der Waals surface area contributed by atoms with Crippen LogP contribution in [0.25, 0.3) is 6.08 Å². The van der Waals surface area contributed by atoms with Crippen LogP contribution in [-0.4, -0.2) is 48.3 Å². The molecule has 0 saturated carbocycles. The summed E-state index contributed by atoms with van der Waals surface area (Å²) in [4.78, 5) is 22.3. The summed E-state index contributed by atoms with van der Waals surface area (Å²) in [7, 11) is 0. The summed E-state index contributed by atoms with van der Waals surface area (Å²) >= 11 is 1.33. The average molecular weight is 452 g/mol. The van der Waals surface area contributed by atoms with E-state index in [2.05, 4.69) is 4.90 Å². The van der Waals surface area contributed by atoms with Gasteiger partial charge in [-0.05, 0) is 73.4 Å². The number of hydrogen-bond donors (Lipinski definition) is 0. The van der Waals surface area contributed by atoms with E-state index in [9.17, 15) is 9.18 Å². The van der Waals surface area contributed by atoms with Gasteiger partial charge in [-0.25, -0.2) is 9.38 Å². The highest BCUT2D eigenvalue weighted by atomic mass is 32.2. The molecule has 5 nitrogen and oxygen atoms in total. The molecule has 3 aliphatic rings. The molecule has 3 aliphatic heterocycles. The highest BCUT2D eigenvalue weighted by molar-refractivity contribution is 8.18. The molecule has 0 aliphatic carbocycles. The van der Waals surface area contributed by atoms with Gasteiger partial charge < -0.3 is 9.64 Å². The molecule has 0 bridgehead atoms. The molecular formula is C25H26FN3O2S. The van der Waals surface area contributed by atoms with E-state index in [1.165, 1.54) is 17.8 Å². The van der Waals surface area contributed by atoms with Gasteiger partial charge in [0.15, 0.2) is 5.17 Å². The SMILES string of the molecule is O=C1/C(=C\c2ccc(N3CCCC3)c(F)c2)SC(=Nc2ccccc2)N1C[C@H]1CCCO1. The van der Waals surface area contributed by atoms with Gasteiger partial charge in [-0.1, -0.05) is 24.3 Å². The Kier molecular flexibility index (Phi) is 6.28. The van der Waals surface area contributed by atoms with Gasteiger partial charge in [-0.2, -0.15) is 0 Å². The van der Waals surface area contributed by atoms with E-state index in [4.69, 9.17) is 9.73 Å². The summed E-state index contributed by atoms with van der Waals surface area (Å²) in [5.41, 5.74) is 2.11. The van der Waals surface area contributed by atoms with Crippen LogP contribution in [0.15, 0.2) is 58.4 Å². The number of thioether (sulfide) groups is 1. The van der Waals surface area contributed by atoms with Gasteiger partial charge in [0.25, 0.3) is 5.91 Å². The van der Waals surface area contributed by atoms with Crippen molar-refractivity contribution in [2.45, 2.75) is 31.8 Å². The monoisotopic (exact) mass is 451 g/mol. The molecule has 2 aromatic carbocycles. The maximum absolute atomic E-state index is 14.8. The van der Waals surface area contributed by atoms with Gasteiger partial charge in [-0.3, -0.25) is 9.69 Å². The maximum atomic E-state index is 14.8. The molecule has 0 spiro atoms. The lowest BCUT2D eigenvalue weighted by Gasteiger charge is -2.19. The number of anilines is 1. The first-order chi connectivity index (χ1) is 15.7. The van der Waals surface area contributed by atoms with Crippen molar-refractivity contribution in [3.05, 3.63) is 64.8 Å². The van der Waals surface area contributed by atoms with E-state index in [1.807, 2.05) is 42.5 Å². The fourth-order valence-electron chi connectivity index (χ4n) is 4.34. The number of aliphatic imine (C=N–C) groups is 1. The van der Waals surface area contributed by atoms with Gasteiger partial charge in [0.05, 0.1) is 28.9 Å². The Morgan fingerprint density at radius 2 is 1.94 bits per heavy atom. The first kappa shape index (κ1) is 21.2. The van der Waals surface area contributed by atoms with Crippen molar-refractivity contribution in [3.63, 3.8) is 0 Å². The van der Waals surface area contributed by atoms with Crippen molar-refractivity contribution < 1.29 is 13.9 Å². The standard InChI is InChI=1S/C25H26FN3O2S/c26-21-15-18(10-11-22(21)28-12-4-5-13-28)16-23-24(30)29(17-20-9-6-14-31-20)25(32-23)27-19-7-2-1-3-8-19/h1-3,7-8,10-11,15-16,20H,4-6,9,12-14,17H2/b23-16+,27-25?/t20-/m1/s1. The Hall–Kier alpha value is -2.64. The molecule has 3 saturated heterocycles. The first-order valence-electron chi connectivity index (χ1n) is 11.2. The lowest BCUT2D eigenvalue weighted by atomic mass is 10.1. The van der Waals surface area contributed by atoms with Crippen LogP contribution < -0.4 is 4.90 Å². The summed E-state index contributed by atoms with van der Waals surface area (Å²) in [6, 6.07) is 14.8. The number of carbonyl (C=O) groups is 1. The van der Waals surface area contributed by atoms with Crippen LogP contribution in [-0.2, 0) is 9.53 Å². The first-order valence-corrected chi connectivity index (χ1v) is 12.0. The van der Waals surface area contributed by atoms with E-state index < -0.39 is 0 Å². The molecule has 32 heavy (non-hydrogen) atoms. The number of hydrogen-bond acceptors (Lipinski definition) is 5. The largest absolute Gasteiger partial charge is 0.376 e. The van der Waals surface area contributed by atoms with Crippen molar-refractivity contribution in [2.75, 3.05) is 31.1 Å². The zero-order valence-electron chi connectivity index (χ0n) is 17.9. The number of rotatable bonds is 5. The minimum Gasteiger partial charge on any atom is -0.376 e. The summed E-state index contributed by atoms with van der Waals surface area (Å²) in [5.74, 6) is -0.352.